The van der Waals surface area contributed by atoms with Crippen molar-refractivity contribution in [1.29, 1.82) is 0 Å². The number of carbonyl (C=O) groups is 1. The van der Waals surface area contributed by atoms with Crippen LogP contribution in [-0.2, 0) is 11.3 Å². The highest BCUT2D eigenvalue weighted by atomic mass is 16.2. The summed E-state index contributed by atoms with van der Waals surface area (Å²) >= 11 is 0. The largest absolute Gasteiger partial charge is 0.328 e. The SMILES string of the molecule is Cc1ccc(CN(C)C)c(NC(=O)C(N)CN)c1. The highest BCUT2D eigenvalue weighted by Crippen LogP contribution is 2.19. The van der Waals surface area contributed by atoms with Crippen molar-refractivity contribution in [2.45, 2.75) is 19.5 Å². The molecule has 0 aliphatic rings. The van der Waals surface area contributed by atoms with E-state index in [0.29, 0.717) is 0 Å². The van der Waals surface area contributed by atoms with E-state index < -0.39 is 6.04 Å². The average molecular weight is 250 g/mol. The fraction of sp³-hybridized carbons (Fsp3) is 0.462. The number of anilines is 1. The Kier molecular flexibility index (Phi) is 5.27. The van der Waals surface area contributed by atoms with Crippen molar-refractivity contribution in [3.05, 3.63) is 29.3 Å². The van der Waals surface area contributed by atoms with E-state index >= 15 is 0 Å². The van der Waals surface area contributed by atoms with Crippen molar-refractivity contribution in [2.75, 3.05) is 26.0 Å². The maximum Gasteiger partial charge on any atom is 0.242 e. The second-order valence-corrected chi connectivity index (χ2v) is 4.73. The van der Waals surface area contributed by atoms with E-state index in [1.54, 1.807) is 0 Å². The van der Waals surface area contributed by atoms with Crippen molar-refractivity contribution < 1.29 is 4.79 Å². The van der Waals surface area contributed by atoms with Gasteiger partial charge in [-0.1, -0.05) is 12.1 Å². The molecule has 0 fully saturated rings. The number of hydrogen-bond donors (Lipinski definition) is 3. The van der Waals surface area contributed by atoms with Gasteiger partial charge in [0.15, 0.2) is 0 Å². The van der Waals surface area contributed by atoms with E-state index in [1.165, 1.54) is 0 Å². The first-order valence-corrected chi connectivity index (χ1v) is 5.94. The van der Waals surface area contributed by atoms with E-state index in [9.17, 15) is 4.79 Å². The molecular weight excluding hydrogens is 228 g/mol. The summed E-state index contributed by atoms with van der Waals surface area (Å²) in [5.41, 5.74) is 13.9. The highest BCUT2D eigenvalue weighted by molar-refractivity contribution is 5.95. The second kappa shape index (κ2) is 6.49. The standard InChI is InChI=1S/C13H22N4O/c1-9-4-5-10(8-17(2)3)12(6-9)16-13(18)11(15)7-14/h4-6,11H,7-8,14-15H2,1-3H3,(H,16,18). The van der Waals surface area contributed by atoms with E-state index in [4.69, 9.17) is 11.5 Å². The molecule has 1 unspecified atom stereocenters. The molecule has 0 aromatic heterocycles. The zero-order valence-corrected chi connectivity index (χ0v) is 11.2. The Morgan fingerprint density at radius 3 is 2.67 bits per heavy atom. The molecule has 0 aliphatic carbocycles. The minimum atomic E-state index is -0.669. The third-order valence-corrected chi connectivity index (χ3v) is 2.60. The molecule has 5 heteroatoms. The Labute approximate surface area is 108 Å². The van der Waals surface area contributed by atoms with Gasteiger partial charge in [0.25, 0.3) is 0 Å². The molecule has 18 heavy (non-hydrogen) atoms. The molecule has 0 aliphatic heterocycles. The van der Waals surface area contributed by atoms with Gasteiger partial charge in [-0.15, -0.1) is 0 Å². The van der Waals surface area contributed by atoms with Gasteiger partial charge >= 0.3 is 0 Å². The van der Waals surface area contributed by atoms with Crippen LogP contribution in [0, 0.1) is 6.92 Å². The average Bonchev–Trinajstić information content (AvgIpc) is 2.31. The van der Waals surface area contributed by atoms with Crippen LogP contribution >= 0.6 is 0 Å². The third kappa shape index (κ3) is 4.10. The molecule has 1 amide bonds. The van der Waals surface area contributed by atoms with Gasteiger partial charge < -0.3 is 21.7 Å². The Morgan fingerprint density at radius 1 is 1.44 bits per heavy atom. The molecule has 1 rings (SSSR count). The van der Waals surface area contributed by atoms with Crippen LogP contribution in [0.15, 0.2) is 18.2 Å². The van der Waals surface area contributed by atoms with Crippen molar-refractivity contribution in [3.63, 3.8) is 0 Å². The van der Waals surface area contributed by atoms with E-state index in [2.05, 4.69) is 5.32 Å². The molecule has 0 heterocycles. The quantitative estimate of drug-likeness (QED) is 0.701. The number of benzene rings is 1. The summed E-state index contributed by atoms with van der Waals surface area (Å²) in [5, 5.41) is 2.84. The van der Waals surface area contributed by atoms with E-state index in [-0.39, 0.29) is 12.5 Å². The van der Waals surface area contributed by atoms with Gasteiger partial charge in [-0.25, -0.2) is 0 Å². The number of amides is 1. The number of nitrogens with zero attached hydrogens (tertiary/aromatic N) is 1. The monoisotopic (exact) mass is 250 g/mol. The Morgan fingerprint density at radius 2 is 2.11 bits per heavy atom. The van der Waals surface area contributed by atoms with Crippen molar-refractivity contribution >= 4 is 11.6 Å². The molecule has 0 radical (unpaired) electrons. The van der Waals surface area contributed by atoms with Crippen LogP contribution in [0.25, 0.3) is 0 Å². The Hall–Kier alpha value is -1.43. The van der Waals surface area contributed by atoms with Crippen molar-refractivity contribution in [3.8, 4) is 0 Å². The maximum absolute atomic E-state index is 11.8. The van der Waals surface area contributed by atoms with Gasteiger partial charge in [0, 0.05) is 18.8 Å². The lowest BCUT2D eigenvalue weighted by atomic mass is 10.1. The van der Waals surface area contributed by atoms with Gasteiger partial charge in [-0.2, -0.15) is 0 Å². The van der Waals surface area contributed by atoms with Gasteiger partial charge in [-0.05, 0) is 38.2 Å². The van der Waals surface area contributed by atoms with Crippen LogP contribution in [-0.4, -0.2) is 37.5 Å². The van der Waals surface area contributed by atoms with Crippen molar-refractivity contribution in [1.82, 2.24) is 4.90 Å². The number of rotatable bonds is 5. The molecule has 1 aromatic carbocycles. The van der Waals surface area contributed by atoms with Crippen LogP contribution in [0.5, 0.6) is 0 Å². The predicted octanol–water partition coefficient (Wildman–Crippen LogP) is 0.281. The summed E-state index contributed by atoms with van der Waals surface area (Å²) in [5.74, 6) is -0.247. The molecule has 0 saturated carbocycles. The van der Waals surface area contributed by atoms with Crippen LogP contribution in [0.3, 0.4) is 0 Å². The first kappa shape index (κ1) is 14.6. The number of nitrogens with two attached hydrogens (primary N) is 2. The highest BCUT2D eigenvalue weighted by Gasteiger charge is 2.13. The van der Waals surface area contributed by atoms with Crippen LogP contribution in [0.2, 0.25) is 0 Å². The number of aryl methyl sites for hydroxylation is 1. The lowest BCUT2D eigenvalue weighted by molar-refractivity contribution is -0.117. The zero-order chi connectivity index (χ0) is 13.7. The summed E-state index contributed by atoms with van der Waals surface area (Å²) in [6.07, 6.45) is 0. The van der Waals surface area contributed by atoms with Crippen LogP contribution in [0.4, 0.5) is 5.69 Å². The first-order valence-electron chi connectivity index (χ1n) is 5.94. The number of carbonyl (C=O) groups excluding carboxylic acids is 1. The van der Waals surface area contributed by atoms with Crippen molar-refractivity contribution in [2.24, 2.45) is 11.5 Å². The summed E-state index contributed by atoms with van der Waals surface area (Å²) in [7, 11) is 3.97. The molecule has 1 aromatic rings. The molecule has 0 saturated heterocycles. The summed E-state index contributed by atoms with van der Waals surface area (Å²) in [6, 6.07) is 5.31. The molecule has 1 atom stereocenters. The van der Waals surface area contributed by atoms with Crippen LogP contribution < -0.4 is 16.8 Å². The Balaban J connectivity index is 2.91. The lowest BCUT2D eigenvalue weighted by Gasteiger charge is -2.17. The predicted molar refractivity (Wildman–Crippen MR) is 74.2 cm³/mol. The van der Waals surface area contributed by atoms with E-state index in [1.807, 2.05) is 44.1 Å². The minimum absolute atomic E-state index is 0.140. The Bertz CT molecular complexity index is 417. The van der Waals surface area contributed by atoms with Gasteiger partial charge in [-0.3, -0.25) is 4.79 Å². The summed E-state index contributed by atoms with van der Waals surface area (Å²) in [6.45, 7) is 2.88. The van der Waals surface area contributed by atoms with E-state index in [0.717, 1.165) is 23.4 Å². The molecule has 0 bridgehead atoms. The number of hydrogen-bond acceptors (Lipinski definition) is 4. The second-order valence-electron chi connectivity index (χ2n) is 4.73. The summed E-state index contributed by atoms with van der Waals surface area (Å²) < 4.78 is 0. The van der Waals surface area contributed by atoms with Gasteiger partial charge in [0.05, 0.1) is 6.04 Å². The minimum Gasteiger partial charge on any atom is -0.328 e. The maximum atomic E-state index is 11.8. The lowest BCUT2D eigenvalue weighted by Crippen LogP contribution is -2.41. The molecular formula is C13H22N4O. The molecule has 100 valence electrons. The zero-order valence-electron chi connectivity index (χ0n) is 11.2. The van der Waals surface area contributed by atoms with Gasteiger partial charge in [0.2, 0.25) is 5.91 Å². The number of nitrogens with one attached hydrogen (secondary N) is 1. The third-order valence-electron chi connectivity index (χ3n) is 2.60. The fourth-order valence-corrected chi connectivity index (χ4v) is 1.62. The smallest absolute Gasteiger partial charge is 0.242 e. The first-order chi connectivity index (χ1) is 8.43. The fourth-order valence-electron chi connectivity index (χ4n) is 1.62. The normalized spacial score (nSPS) is 12.6. The molecule has 5 N–H and O–H groups in total. The van der Waals surface area contributed by atoms with Gasteiger partial charge in [0.1, 0.15) is 0 Å². The molecule has 5 nitrogen and oxygen atoms in total. The van der Waals surface area contributed by atoms with Crippen LogP contribution in [0.1, 0.15) is 11.1 Å². The topological polar surface area (TPSA) is 84.4 Å². The molecule has 0 spiro atoms. The summed E-state index contributed by atoms with van der Waals surface area (Å²) in [4.78, 5) is 13.8.